The smallest absolute Gasteiger partial charge is 0.247 e. The summed E-state index contributed by atoms with van der Waals surface area (Å²) in [5.74, 6) is -0.204. The van der Waals surface area contributed by atoms with E-state index in [1.54, 1.807) is 18.2 Å². The summed E-state index contributed by atoms with van der Waals surface area (Å²) in [5, 5.41) is 7.84. The number of nitrogens with one attached hydrogen (secondary N) is 1. The predicted octanol–water partition coefficient (Wildman–Crippen LogP) is 4.99. The van der Waals surface area contributed by atoms with E-state index in [1.165, 1.54) is 4.68 Å². The number of amides is 1. The third-order valence-electron chi connectivity index (χ3n) is 3.93. The van der Waals surface area contributed by atoms with Crippen molar-refractivity contribution in [1.82, 2.24) is 9.78 Å². The molecule has 5 nitrogen and oxygen atoms in total. The number of benzene rings is 1. The van der Waals surface area contributed by atoms with Crippen LogP contribution in [0.3, 0.4) is 0 Å². The first-order valence-electron chi connectivity index (χ1n) is 8.05. The maximum absolute atomic E-state index is 12.4. The fraction of sp³-hybridized carbons (Fsp3) is 0.389. The van der Waals surface area contributed by atoms with Gasteiger partial charge in [-0.05, 0) is 43.5 Å². The van der Waals surface area contributed by atoms with Crippen LogP contribution >= 0.6 is 23.2 Å². The lowest BCUT2D eigenvalue weighted by atomic mass is 10.0. The standard InChI is InChI=1S/C18H21Cl2N3O2/c1-10(2)18-11(3)22-23(12(18)4)17(25)8-7-16(24)21-15-6-5-13(19)9-14(15)20/h5-6,9-10H,7-8H2,1-4H3,(H,21,24). The number of hydrogen-bond donors (Lipinski definition) is 1. The fourth-order valence-corrected chi connectivity index (χ4v) is 3.32. The van der Waals surface area contributed by atoms with E-state index in [-0.39, 0.29) is 30.6 Å². The van der Waals surface area contributed by atoms with Gasteiger partial charge in [0, 0.05) is 23.6 Å². The summed E-state index contributed by atoms with van der Waals surface area (Å²) < 4.78 is 1.40. The first-order chi connectivity index (χ1) is 11.7. The molecule has 0 spiro atoms. The number of anilines is 1. The number of hydrogen-bond acceptors (Lipinski definition) is 3. The third-order valence-corrected chi connectivity index (χ3v) is 4.48. The molecular formula is C18H21Cl2N3O2. The van der Waals surface area contributed by atoms with E-state index in [0.717, 1.165) is 17.0 Å². The Kier molecular flexibility index (Phi) is 6.25. The highest BCUT2D eigenvalue weighted by molar-refractivity contribution is 6.36. The van der Waals surface area contributed by atoms with Crippen molar-refractivity contribution < 1.29 is 9.59 Å². The number of aromatic nitrogens is 2. The molecule has 0 aliphatic carbocycles. The van der Waals surface area contributed by atoms with Crippen molar-refractivity contribution in [1.29, 1.82) is 0 Å². The van der Waals surface area contributed by atoms with Gasteiger partial charge in [-0.1, -0.05) is 37.0 Å². The molecule has 0 saturated carbocycles. The second-order valence-corrected chi connectivity index (χ2v) is 7.06. The second kappa shape index (κ2) is 8.02. The molecule has 0 aliphatic heterocycles. The molecule has 1 amide bonds. The lowest BCUT2D eigenvalue weighted by Crippen LogP contribution is -2.18. The van der Waals surface area contributed by atoms with Gasteiger partial charge >= 0.3 is 0 Å². The summed E-state index contributed by atoms with van der Waals surface area (Å²) >= 11 is 11.8. The van der Waals surface area contributed by atoms with Gasteiger partial charge in [0.25, 0.3) is 0 Å². The molecule has 7 heteroatoms. The molecule has 0 radical (unpaired) electrons. The zero-order valence-corrected chi connectivity index (χ0v) is 16.2. The minimum absolute atomic E-state index is 0.0488. The van der Waals surface area contributed by atoms with E-state index in [4.69, 9.17) is 23.2 Å². The molecule has 2 aromatic rings. The Morgan fingerprint density at radius 3 is 2.44 bits per heavy atom. The van der Waals surface area contributed by atoms with Crippen LogP contribution in [0.5, 0.6) is 0 Å². The van der Waals surface area contributed by atoms with Gasteiger partial charge in [-0.25, -0.2) is 4.68 Å². The third kappa shape index (κ3) is 4.61. The highest BCUT2D eigenvalue weighted by Crippen LogP contribution is 2.26. The molecular weight excluding hydrogens is 361 g/mol. The van der Waals surface area contributed by atoms with Crippen LogP contribution in [0.25, 0.3) is 0 Å². The minimum Gasteiger partial charge on any atom is -0.325 e. The van der Waals surface area contributed by atoms with Crippen LogP contribution in [0.15, 0.2) is 18.2 Å². The Labute approximate surface area is 157 Å². The molecule has 1 N–H and O–H groups in total. The Balaban J connectivity index is 2.00. The monoisotopic (exact) mass is 381 g/mol. The average Bonchev–Trinajstić information content (AvgIpc) is 2.82. The SMILES string of the molecule is Cc1nn(C(=O)CCC(=O)Nc2ccc(Cl)cc2Cl)c(C)c1C(C)C. The summed E-state index contributed by atoms with van der Waals surface area (Å²) in [4.78, 5) is 24.5. The molecule has 134 valence electrons. The highest BCUT2D eigenvalue weighted by Gasteiger charge is 2.19. The van der Waals surface area contributed by atoms with E-state index < -0.39 is 0 Å². The van der Waals surface area contributed by atoms with E-state index in [2.05, 4.69) is 24.3 Å². The number of aryl methyl sites for hydroxylation is 1. The summed E-state index contributed by atoms with van der Waals surface area (Å²) in [6.07, 6.45) is 0.115. The topological polar surface area (TPSA) is 64.0 Å². The molecule has 0 atom stereocenters. The van der Waals surface area contributed by atoms with Crippen LogP contribution in [-0.2, 0) is 4.79 Å². The molecule has 1 aromatic heterocycles. The minimum atomic E-state index is -0.289. The highest BCUT2D eigenvalue weighted by atomic mass is 35.5. The van der Waals surface area contributed by atoms with E-state index in [9.17, 15) is 9.59 Å². The van der Waals surface area contributed by atoms with Gasteiger partial charge in [-0.15, -0.1) is 0 Å². The van der Waals surface area contributed by atoms with Crippen molar-refractivity contribution in [3.8, 4) is 0 Å². The number of carbonyl (C=O) groups is 2. The van der Waals surface area contributed by atoms with Crippen molar-refractivity contribution in [2.45, 2.75) is 46.5 Å². The molecule has 0 fully saturated rings. The summed E-state index contributed by atoms with van der Waals surface area (Å²) in [7, 11) is 0. The van der Waals surface area contributed by atoms with Gasteiger partial charge < -0.3 is 5.32 Å². The number of rotatable bonds is 5. The maximum Gasteiger partial charge on any atom is 0.247 e. The Bertz CT molecular complexity index is 813. The van der Waals surface area contributed by atoms with Gasteiger partial charge in [0.2, 0.25) is 11.8 Å². The largest absolute Gasteiger partial charge is 0.325 e. The lowest BCUT2D eigenvalue weighted by Gasteiger charge is -2.08. The first kappa shape index (κ1) is 19.5. The maximum atomic E-state index is 12.4. The number of carbonyl (C=O) groups excluding carboxylic acids is 2. The molecule has 0 aliphatic rings. The van der Waals surface area contributed by atoms with Crippen molar-refractivity contribution in [3.63, 3.8) is 0 Å². The average molecular weight is 382 g/mol. The van der Waals surface area contributed by atoms with Crippen LogP contribution in [0, 0.1) is 13.8 Å². The normalized spacial score (nSPS) is 11.0. The van der Waals surface area contributed by atoms with Gasteiger partial charge in [-0.3, -0.25) is 9.59 Å². The lowest BCUT2D eigenvalue weighted by molar-refractivity contribution is -0.116. The van der Waals surface area contributed by atoms with Gasteiger partial charge in [0.05, 0.1) is 16.4 Å². The van der Waals surface area contributed by atoms with Gasteiger partial charge in [0.15, 0.2) is 0 Å². The molecule has 1 heterocycles. The van der Waals surface area contributed by atoms with E-state index >= 15 is 0 Å². The van der Waals surface area contributed by atoms with Gasteiger partial charge in [0.1, 0.15) is 0 Å². The van der Waals surface area contributed by atoms with Crippen LogP contribution in [0.2, 0.25) is 10.0 Å². The van der Waals surface area contributed by atoms with Crippen LogP contribution in [-0.4, -0.2) is 21.6 Å². The predicted molar refractivity (Wildman–Crippen MR) is 101 cm³/mol. The molecule has 2 rings (SSSR count). The quantitative estimate of drug-likeness (QED) is 0.793. The summed E-state index contributed by atoms with van der Waals surface area (Å²) in [6.45, 7) is 7.90. The molecule has 0 unspecified atom stereocenters. The second-order valence-electron chi connectivity index (χ2n) is 6.22. The van der Waals surface area contributed by atoms with Crippen molar-refractivity contribution in [2.24, 2.45) is 0 Å². The van der Waals surface area contributed by atoms with Gasteiger partial charge in [-0.2, -0.15) is 5.10 Å². The molecule has 1 aromatic carbocycles. The molecule has 25 heavy (non-hydrogen) atoms. The van der Waals surface area contributed by atoms with Crippen LogP contribution < -0.4 is 5.32 Å². The van der Waals surface area contributed by atoms with Crippen molar-refractivity contribution in [3.05, 3.63) is 45.2 Å². The summed E-state index contributed by atoms with van der Waals surface area (Å²) in [5.41, 5.74) is 3.22. The van der Waals surface area contributed by atoms with E-state index in [0.29, 0.717) is 15.7 Å². The molecule has 0 bridgehead atoms. The number of halogens is 2. The summed E-state index contributed by atoms with van der Waals surface area (Å²) in [6, 6.07) is 4.81. The zero-order valence-electron chi connectivity index (χ0n) is 14.7. The van der Waals surface area contributed by atoms with Crippen LogP contribution in [0.4, 0.5) is 5.69 Å². The van der Waals surface area contributed by atoms with Crippen molar-refractivity contribution >= 4 is 40.7 Å². The number of nitrogens with zero attached hydrogens (tertiary/aromatic N) is 2. The van der Waals surface area contributed by atoms with E-state index in [1.807, 2.05) is 13.8 Å². The Morgan fingerprint density at radius 1 is 1.20 bits per heavy atom. The zero-order chi connectivity index (χ0) is 18.7. The van der Waals surface area contributed by atoms with Crippen molar-refractivity contribution in [2.75, 3.05) is 5.32 Å². The Hall–Kier alpha value is -1.85. The Morgan fingerprint density at radius 2 is 1.88 bits per heavy atom. The van der Waals surface area contributed by atoms with Crippen LogP contribution in [0.1, 0.15) is 54.4 Å². The first-order valence-corrected chi connectivity index (χ1v) is 8.80. The molecule has 0 saturated heterocycles. The fourth-order valence-electron chi connectivity index (χ4n) is 2.86.